The van der Waals surface area contributed by atoms with Crippen LogP contribution < -0.4 is 5.32 Å². The van der Waals surface area contributed by atoms with Crippen LogP contribution in [0.1, 0.15) is 5.56 Å². The summed E-state index contributed by atoms with van der Waals surface area (Å²) in [6.45, 7) is 0. The van der Waals surface area contributed by atoms with Crippen LogP contribution >= 0.6 is 0 Å². The molecule has 3 nitrogen and oxygen atoms in total. The smallest absolute Gasteiger partial charge is 0.351 e. The number of aliphatic hydroxyl groups excluding tert-OH is 1. The lowest BCUT2D eigenvalue weighted by atomic mass is 10.2. The second-order valence-corrected chi connectivity index (χ2v) is 2.60. The Bertz CT molecular complexity index is 312. The van der Waals surface area contributed by atoms with Crippen molar-refractivity contribution in [3.8, 4) is 0 Å². The molecule has 0 amide bonds. The Morgan fingerprint density at radius 1 is 1.21 bits per heavy atom. The van der Waals surface area contributed by atoms with Crippen molar-refractivity contribution in [3.05, 3.63) is 29.8 Å². The Morgan fingerprint density at radius 3 is 2.36 bits per heavy atom. The molecule has 1 aromatic carbocycles. The van der Waals surface area contributed by atoms with Crippen LogP contribution in [-0.4, -0.2) is 16.6 Å². The fraction of sp³-hybridized carbons (Fsp3) is 0.250. The third kappa shape index (κ3) is 2.90. The van der Waals surface area contributed by atoms with E-state index >= 15 is 0 Å². The van der Waals surface area contributed by atoms with E-state index in [4.69, 9.17) is 10.2 Å². The van der Waals surface area contributed by atoms with Crippen LogP contribution in [0.4, 0.5) is 18.9 Å². The lowest BCUT2D eigenvalue weighted by Crippen LogP contribution is -2.17. The van der Waals surface area contributed by atoms with Crippen LogP contribution in [0.2, 0.25) is 0 Å². The molecule has 0 spiro atoms. The first-order valence-corrected chi connectivity index (χ1v) is 3.69. The van der Waals surface area contributed by atoms with Crippen LogP contribution in [0.25, 0.3) is 0 Å². The molecule has 0 aromatic heterocycles. The summed E-state index contributed by atoms with van der Waals surface area (Å²) in [7, 11) is 0. The molecule has 6 heteroatoms. The maximum absolute atomic E-state index is 12.2. The topological polar surface area (TPSA) is 52.5 Å². The highest BCUT2D eigenvalue weighted by atomic mass is 19.4. The summed E-state index contributed by atoms with van der Waals surface area (Å²) in [5, 5.41) is 19.0. The van der Waals surface area contributed by atoms with Gasteiger partial charge in [-0.2, -0.15) is 13.2 Å². The highest BCUT2D eigenvalue weighted by Crippen LogP contribution is 2.30. The van der Waals surface area contributed by atoms with E-state index in [9.17, 15) is 13.2 Å². The lowest BCUT2D eigenvalue weighted by molar-refractivity contribution is -0.137. The minimum absolute atomic E-state index is 0.00479. The van der Waals surface area contributed by atoms with Gasteiger partial charge in [-0.05, 0) is 18.2 Å². The van der Waals surface area contributed by atoms with Gasteiger partial charge in [0.25, 0.3) is 0 Å². The second kappa shape index (κ2) is 3.85. The predicted molar refractivity (Wildman–Crippen MR) is 43.3 cm³/mol. The zero-order valence-electron chi connectivity index (χ0n) is 6.92. The summed E-state index contributed by atoms with van der Waals surface area (Å²) in [6, 6.07) is 4.16. The molecule has 3 N–H and O–H groups in total. The minimum Gasteiger partial charge on any atom is -0.351 e. The Balaban J connectivity index is 2.90. The van der Waals surface area contributed by atoms with E-state index in [1.165, 1.54) is 12.1 Å². The number of nitrogens with one attached hydrogen (secondary N) is 1. The minimum atomic E-state index is -4.43. The molecule has 0 aliphatic carbocycles. The number of hydrogen-bond acceptors (Lipinski definition) is 3. The average molecular weight is 207 g/mol. The molecule has 78 valence electrons. The molecule has 0 aliphatic heterocycles. The summed E-state index contributed by atoms with van der Waals surface area (Å²) in [4.78, 5) is 0. The fourth-order valence-corrected chi connectivity index (χ4v) is 0.934. The highest BCUT2D eigenvalue weighted by molar-refractivity contribution is 5.46. The molecule has 0 unspecified atom stereocenters. The van der Waals surface area contributed by atoms with Crippen molar-refractivity contribution < 1.29 is 23.4 Å². The van der Waals surface area contributed by atoms with Crippen LogP contribution in [0.3, 0.4) is 0 Å². The van der Waals surface area contributed by atoms with E-state index in [0.29, 0.717) is 0 Å². The fourth-order valence-electron chi connectivity index (χ4n) is 0.934. The van der Waals surface area contributed by atoms with Gasteiger partial charge >= 0.3 is 6.18 Å². The van der Waals surface area contributed by atoms with Crippen LogP contribution in [-0.2, 0) is 6.18 Å². The summed E-state index contributed by atoms with van der Waals surface area (Å²) >= 11 is 0. The van der Waals surface area contributed by atoms with Crippen molar-refractivity contribution in [1.29, 1.82) is 0 Å². The van der Waals surface area contributed by atoms with Gasteiger partial charge in [0.1, 0.15) is 0 Å². The van der Waals surface area contributed by atoms with E-state index < -0.39 is 18.2 Å². The molecule has 0 saturated heterocycles. The largest absolute Gasteiger partial charge is 0.416 e. The Hall–Kier alpha value is -1.27. The van der Waals surface area contributed by atoms with Gasteiger partial charge in [-0.15, -0.1) is 0 Å². The maximum Gasteiger partial charge on any atom is 0.416 e. The number of halogens is 3. The first-order chi connectivity index (χ1) is 6.39. The van der Waals surface area contributed by atoms with E-state index in [0.717, 1.165) is 12.1 Å². The van der Waals surface area contributed by atoms with Gasteiger partial charge in [0.05, 0.1) is 5.56 Å². The molecular weight excluding hydrogens is 199 g/mol. The SMILES string of the molecule is OC(O)Nc1cccc(C(F)(F)F)c1. The number of benzene rings is 1. The molecule has 1 rings (SSSR count). The Labute approximate surface area is 77.8 Å². The van der Waals surface area contributed by atoms with Crippen molar-refractivity contribution in [2.45, 2.75) is 12.6 Å². The van der Waals surface area contributed by atoms with E-state index in [2.05, 4.69) is 0 Å². The molecule has 0 heterocycles. The first kappa shape index (κ1) is 10.8. The average Bonchev–Trinajstić information content (AvgIpc) is 2.01. The van der Waals surface area contributed by atoms with Gasteiger partial charge in [0, 0.05) is 5.69 Å². The molecule has 0 saturated carbocycles. The van der Waals surface area contributed by atoms with E-state index in [-0.39, 0.29) is 5.69 Å². The third-order valence-electron chi connectivity index (χ3n) is 1.49. The van der Waals surface area contributed by atoms with Gasteiger partial charge in [0.15, 0.2) is 0 Å². The molecule has 0 aliphatic rings. The Morgan fingerprint density at radius 2 is 1.86 bits per heavy atom. The quantitative estimate of drug-likeness (QED) is 0.642. The monoisotopic (exact) mass is 207 g/mol. The van der Waals surface area contributed by atoms with Crippen molar-refractivity contribution >= 4 is 5.69 Å². The molecule has 0 fully saturated rings. The summed E-state index contributed by atoms with van der Waals surface area (Å²) < 4.78 is 36.5. The van der Waals surface area contributed by atoms with Gasteiger partial charge in [0.2, 0.25) is 6.41 Å². The van der Waals surface area contributed by atoms with Crippen molar-refractivity contribution in [3.63, 3.8) is 0 Å². The molecule has 0 radical (unpaired) electrons. The van der Waals surface area contributed by atoms with Crippen LogP contribution in [0.5, 0.6) is 0 Å². The van der Waals surface area contributed by atoms with Gasteiger partial charge < -0.3 is 15.5 Å². The summed E-state index contributed by atoms with van der Waals surface area (Å²) in [6.07, 6.45) is -6.31. The van der Waals surface area contributed by atoms with Gasteiger partial charge in [-0.1, -0.05) is 6.07 Å². The number of anilines is 1. The molecule has 0 bridgehead atoms. The molecule has 1 aromatic rings. The third-order valence-corrected chi connectivity index (χ3v) is 1.49. The zero-order chi connectivity index (χ0) is 10.8. The lowest BCUT2D eigenvalue weighted by Gasteiger charge is -2.11. The van der Waals surface area contributed by atoms with E-state index in [1.807, 2.05) is 5.32 Å². The van der Waals surface area contributed by atoms with Crippen LogP contribution in [0.15, 0.2) is 24.3 Å². The van der Waals surface area contributed by atoms with Gasteiger partial charge in [-0.3, -0.25) is 0 Å². The second-order valence-electron chi connectivity index (χ2n) is 2.60. The molecule has 0 atom stereocenters. The Kier molecular flexibility index (Phi) is 2.97. The molecule has 14 heavy (non-hydrogen) atoms. The van der Waals surface area contributed by atoms with Crippen LogP contribution in [0, 0.1) is 0 Å². The normalized spacial score (nSPS) is 11.9. The first-order valence-electron chi connectivity index (χ1n) is 3.69. The van der Waals surface area contributed by atoms with Gasteiger partial charge in [-0.25, -0.2) is 0 Å². The summed E-state index contributed by atoms with van der Waals surface area (Å²) in [5.41, 5.74) is -0.849. The number of hydrogen-bond donors (Lipinski definition) is 3. The van der Waals surface area contributed by atoms with E-state index in [1.54, 1.807) is 0 Å². The number of alkyl halides is 3. The van der Waals surface area contributed by atoms with Crippen molar-refractivity contribution in [2.75, 3.05) is 5.32 Å². The predicted octanol–water partition coefficient (Wildman–Crippen LogP) is 1.39. The van der Waals surface area contributed by atoms with Crippen molar-refractivity contribution in [2.24, 2.45) is 0 Å². The zero-order valence-corrected chi connectivity index (χ0v) is 6.92. The van der Waals surface area contributed by atoms with Crippen molar-refractivity contribution in [1.82, 2.24) is 0 Å². The highest BCUT2D eigenvalue weighted by Gasteiger charge is 2.30. The summed E-state index contributed by atoms with van der Waals surface area (Å²) in [5.74, 6) is 0. The maximum atomic E-state index is 12.2. The number of rotatable bonds is 2. The number of aliphatic hydroxyl groups is 2. The standard InChI is InChI=1S/C8H8F3NO2/c9-8(10,11)5-2-1-3-6(4-5)12-7(13)14/h1-4,7,12-14H. The molecular formula is C8H8F3NO2.